The quantitative estimate of drug-likeness (QED) is 0.220. The highest BCUT2D eigenvalue weighted by Crippen LogP contribution is 2.38. The molecule has 39 heavy (non-hydrogen) atoms. The number of hydrogen-bond acceptors (Lipinski definition) is 0. The van der Waals surface area contributed by atoms with Crippen LogP contribution < -0.4 is 0 Å². The fraction of sp³-hybridized carbons (Fsp3) is 0. The van der Waals surface area contributed by atoms with Crippen LogP contribution in [0.25, 0.3) is 66.1 Å². The molecule has 0 saturated heterocycles. The summed E-state index contributed by atoms with van der Waals surface area (Å²) in [5.74, 6) is 0. The van der Waals surface area contributed by atoms with E-state index in [1.165, 1.54) is 43.8 Å². The summed E-state index contributed by atoms with van der Waals surface area (Å²) >= 11 is 6.50. The number of halogens is 1. The predicted molar refractivity (Wildman–Crippen MR) is 166 cm³/mol. The Morgan fingerprint density at radius 3 is 1.62 bits per heavy atom. The van der Waals surface area contributed by atoms with Crippen LogP contribution in [-0.2, 0) is 0 Å². The summed E-state index contributed by atoms with van der Waals surface area (Å²) in [5, 5.41) is 5.61. The first-order chi connectivity index (χ1) is 19.3. The Bertz CT molecular complexity index is 2170. The smallest absolute Gasteiger partial charge is 0.0547 e. The molecule has 2 aromatic heterocycles. The Morgan fingerprint density at radius 2 is 0.872 bits per heavy atom. The van der Waals surface area contributed by atoms with E-state index in [0.29, 0.717) is 0 Å². The molecular formula is C36H23ClN2. The SMILES string of the molecule is Clc1ccc2c(c1)c1cc(-c3ccc4c5ccccc5n(-c5ccccc5)c4c3)ccc1n2-c1ccccc1. The van der Waals surface area contributed by atoms with Gasteiger partial charge >= 0.3 is 0 Å². The normalized spacial score (nSPS) is 11.7. The molecule has 0 radical (unpaired) electrons. The molecule has 8 rings (SSSR count). The van der Waals surface area contributed by atoms with E-state index in [4.69, 9.17) is 11.6 Å². The zero-order valence-electron chi connectivity index (χ0n) is 21.1. The summed E-state index contributed by atoms with van der Waals surface area (Å²) < 4.78 is 4.69. The lowest BCUT2D eigenvalue weighted by molar-refractivity contribution is 1.18. The van der Waals surface area contributed by atoms with Crippen molar-refractivity contribution in [3.63, 3.8) is 0 Å². The molecule has 0 aliphatic carbocycles. The molecule has 2 nitrogen and oxygen atoms in total. The average molecular weight is 519 g/mol. The van der Waals surface area contributed by atoms with Gasteiger partial charge in [-0.2, -0.15) is 0 Å². The van der Waals surface area contributed by atoms with E-state index in [2.05, 4.69) is 143 Å². The van der Waals surface area contributed by atoms with E-state index in [-0.39, 0.29) is 0 Å². The molecule has 0 fully saturated rings. The van der Waals surface area contributed by atoms with E-state index in [9.17, 15) is 0 Å². The molecule has 0 spiro atoms. The van der Waals surface area contributed by atoms with Gasteiger partial charge in [-0.25, -0.2) is 0 Å². The van der Waals surface area contributed by atoms with Crippen molar-refractivity contribution in [2.24, 2.45) is 0 Å². The van der Waals surface area contributed by atoms with E-state index in [1.807, 2.05) is 6.07 Å². The van der Waals surface area contributed by atoms with Crippen molar-refractivity contribution in [2.75, 3.05) is 0 Å². The topological polar surface area (TPSA) is 9.86 Å². The van der Waals surface area contributed by atoms with E-state index >= 15 is 0 Å². The van der Waals surface area contributed by atoms with Crippen molar-refractivity contribution >= 4 is 55.2 Å². The minimum atomic E-state index is 0.744. The maximum atomic E-state index is 6.50. The molecule has 0 atom stereocenters. The lowest BCUT2D eigenvalue weighted by Gasteiger charge is -2.10. The Labute approximate surface area is 230 Å². The van der Waals surface area contributed by atoms with Crippen LogP contribution in [0.1, 0.15) is 0 Å². The van der Waals surface area contributed by atoms with Gasteiger partial charge in [0.2, 0.25) is 0 Å². The van der Waals surface area contributed by atoms with Crippen LogP contribution in [0.5, 0.6) is 0 Å². The number of hydrogen-bond donors (Lipinski definition) is 0. The van der Waals surface area contributed by atoms with Gasteiger partial charge in [0.15, 0.2) is 0 Å². The summed E-state index contributed by atoms with van der Waals surface area (Å²) in [5.41, 5.74) is 9.41. The zero-order chi connectivity index (χ0) is 25.9. The Kier molecular flexibility index (Phi) is 4.91. The number of nitrogens with zero attached hydrogens (tertiary/aromatic N) is 2. The van der Waals surface area contributed by atoms with Gasteiger partial charge in [0.05, 0.1) is 22.1 Å². The van der Waals surface area contributed by atoms with Crippen LogP contribution in [0, 0.1) is 0 Å². The molecule has 0 bridgehead atoms. The summed E-state index contributed by atoms with van der Waals surface area (Å²) in [6.45, 7) is 0. The fourth-order valence-electron chi connectivity index (χ4n) is 6.04. The number of aromatic nitrogens is 2. The lowest BCUT2D eigenvalue weighted by Crippen LogP contribution is -1.93. The maximum absolute atomic E-state index is 6.50. The van der Waals surface area contributed by atoms with Crippen molar-refractivity contribution in [2.45, 2.75) is 0 Å². The van der Waals surface area contributed by atoms with Crippen LogP contribution >= 0.6 is 11.6 Å². The molecule has 0 N–H and O–H groups in total. The van der Waals surface area contributed by atoms with Crippen LogP contribution in [0.15, 0.2) is 140 Å². The Morgan fingerprint density at radius 1 is 0.359 bits per heavy atom. The third-order valence-corrected chi connectivity index (χ3v) is 8.00. The first-order valence-electron chi connectivity index (χ1n) is 13.1. The maximum Gasteiger partial charge on any atom is 0.0547 e. The third-order valence-electron chi connectivity index (χ3n) is 7.76. The molecule has 0 amide bonds. The zero-order valence-corrected chi connectivity index (χ0v) is 21.8. The first kappa shape index (κ1) is 22.2. The predicted octanol–water partition coefficient (Wildman–Crippen LogP) is 10.2. The number of para-hydroxylation sites is 3. The standard InChI is InChI=1S/C36H23ClN2/c37-26-17-20-35-32(23-26)31-21-24(16-19-34(31)38(35)27-9-3-1-4-10-27)25-15-18-30-29-13-7-8-14-33(29)39(36(30)22-25)28-11-5-2-6-12-28/h1-23H. The van der Waals surface area contributed by atoms with Crippen LogP contribution in [0.3, 0.4) is 0 Å². The Hall–Kier alpha value is -4.79. The molecule has 184 valence electrons. The van der Waals surface area contributed by atoms with Gasteiger partial charge in [-0.05, 0) is 77.9 Å². The second kappa shape index (κ2) is 8.62. The van der Waals surface area contributed by atoms with Crippen LogP contribution in [-0.4, -0.2) is 9.13 Å². The van der Waals surface area contributed by atoms with Gasteiger partial charge in [0.25, 0.3) is 0 Å². The second-order valence-electron chi connectivity index (χ2n) is 9.98. The first-order valence-corrected chi connectivity index (χ1v) is 13.5. The summed E-state index contributed by atoms with van der Waals surface area (Å²) in [7, 11) is 0. The van der Waals surface area contributed by atoms with Crippen molar-refractivity contribution in [1.29, 1.82) is 0 Å². The number of fused-ring (bicyclic) bond motifs is 6. The highest BCUT2D eigenvalue weighted by atomic mass is 35.5. The largest absolute Gasteiger partial charge is 0.309 e. The number of benzene rings is 6. The number of rotatable bonds is 3. The Balaban J connectivity index is 1.39. The molecule has 0 unspecified atom stereocenters. The summed E-state index contributed by atoms with van der Waals surface area (Å²) in [4.78, 5) is 0. The highest BCUT2D eigenvalue weighted by Gasteiger charge is 2.16. The summed E-state index contributed by atoms with van der Waals surface area (Å²) in [6.07, 6.45) is 0. The van der Waals surface area contributed by atoms with E-state index in [1.54, 1.807) is 0 Å². The third kappa shape index (κ3) is 3.42. The van der Waals surface area contributed by atoms with Crippen molar-refractivity contribution < 1.29 is 0 Å². The van der Waals surface area contributed by atoms with Gasteiger partial charge in [-0.15, -0.1) is 0 Å². The summed E-state index contributed by atoms with van der Waals surface area (Å²) in [6, 6.07) is 49.6. The van der Waals surface area contributed by atoms with Crippen LogP contribution in [0.2, 0.25) is 5.02 Å². The van der Waals surface area contributed by atoms with Crippen LogP contribution in [0.4, 0.5) is 0 Å². The molecule has 6 aromatic carbocycles. The molecule has 8 aromatic rings. The lowest BCUT2D eigenvalue weighted by atomic mass is 10.0. The van der Waals surface area contributed by atoms with Gasteiger partial charge < -0.3 is 9.13 Å². The molecule has 3 heteroatoms. The van der Waals surface area contributed by atoms with E-state index < -0.39 is 0 Å². The van der Waals surface area contributed by atoms with Gasteiger partial charge in [-0.3, -0.25) is 0 Å². The fourth-order valence-corrected chi connectivity index (χ4v) is 6.21. The average Bonchev–Trinajstić information content (AvgIpc) is 3.49. The minimum Gasteiger partial charge on any atom is -0.309 e. The highest BCUT2D eigenvalue weighted by molar-refractivity contribution is 6.32. The molecule has 0 saturated carbocycles. The van der Waals surface area contributed by atoms with Crippen molar-refractivity contribution in [3.05, 3.63) is 145 Å². The van der Waals surface area contributed by atoms with E-state index in [0.717, 1.165) is 27.3 Å². The molecule has 0 aliphatic rings. The molecule has 0 aliphatic heterocycles. The van der Waals surface area contributed by atoms with Gasteiger partial charge in [-0.1, -0.05) is 84.4 Å². The second-order valence-corrected chi connectivity index (χ2v) is 10.4. The van der Waals surface area contributed by atoms with Crippen molar-refractivity contribution in [3.8, 4) is 22.5 Å². The molecular weight excluding hydrogens is 496 g/mol. The minimum absolute atomic E-state index is 0.744. The van der Waals surface area contributed by atoms with Gasteiger partial charge in [0, 0.05) is 37.9 Å². The monoisotopic (exact) mass is 518 g/mol. The molecule has 2 heterocycles. The van der Waals surface area contributed by atoms with Gasteiger partial charge in [0.1, 0.15) is 0 Å². The van der Waals surface area contributed by atoms with Crippen molar-refractivity contribution in [1.82, 2.24) is 9.13 Å².